The van der Waals surface area contributed by atoms with Gasteiger partial charge in [-0.2, -0.15) is 0 Å². The van der Waals surface area contributed by atoms with Crippen molar-refractivity contribution in [1.82, 2.24) is 10.6 Å². The molecular weight excluding hydrogens is 228 g/mol. The Labute approximate surface area is 110 Å². The lowest BCUT2D eigenvalue weighted by atomic mass is 9.72. The largest absolute Gasteiger partial charge is 0.394 e. The van der Waals surface area contributed by atoms with Crippen LogP contribution in [0.5, 0.6) is 0 Å². The summed E-state index contributed by atoms with van der Waals surface area (Å²) in [6.07, 6.45) is 5.18. The monoisotopic (exact) mass is 254 g/mol. The number of aliphatic hydroxyl groups is 1. The third-order valence-corrected chi connectivity index (χ3v) is 4.89. The third-order valence-electron chi connectivity index (χ3n) is 4.89. The minimum absolute atomic E-state index is 0.0672. The molecule has 2 fully saturated rings. The number of nitrogens with one attached hydrogen (secondary N) is 2. The summed E-state index contributed by atoms with van der Waals surface area (Å²) in [5.41, 5.74) is -0.679. The summed E-state index contributed by atoms with van der Waals surface area (Å²) >= 11 is 0. The van der Waals surface area contributed by atoms with E-state index in [0.717, 1.165) is 45.2 Å². The molecule has 1 atom stereocenters. The first-order valence-electron chi connectivity index (χ1n) is 7.14. The zero-order valence-corrected chi connectivity index (χ0v) is 11.6. The summed E-state index contributed by atoms with van der Waals surface area (Å²) in [5, 5.41) is 15.9. The lowest BCUT2D eigenvalue weighted by molar-refractivity contribution is -0.136. The first-order chi connectivity index (χ1) is 8.50. The average Bonchev–Trinajstić information content (AvgIpc) is 2.34. The lowest BCUT2D eigenvalue weighted by Crippen LogP contribution is -2.60. The van der Waals surface area contributed by atoms with Crippen molar-refractivity contribution in [1.29, 1.82) is 0 Å². The van der Waals surface area contributed by atoms with Crippen LogP contribution in [0.15, 0.2) is 0 Å². The topological polar surface area (TPSA) is 61.4 Å². The molecule has 1 aliphatic heterocycles. The van der Waals surface area contributed by atoms with Crippen LogP contribution in [0, 0.1) is 11.3 Å². The molecule has 1 saturated carbocycles. The Kier molecular flexibility index (Phi) is 3.97. The number of aliphatic hydroxyl groups excluding tert-OH is 1. The van der Waals surface area contributed by atoms with Gasteiger partial charge < -0.3 is 15.7 Å². The van der Waals surface area contributed by atoms with Crippen molar-refractivity contribution >= 4 is 5.91 Å². The molecule has 0 aromatic heterocycles. The molecular formula is C14H26N2O2. The van der Waals surface area contributed by atoms with E-state index in [1.165, 1.54) is 0 Å². The Morgan fingerprint density at radius 3 is 2.61 bits per heavy atom. The van der Waals surface area contributed by atoms with E-state index in [1.807, 2.05) is 13.8 Å². The van der Waals surface area contributed by atoms with Crippen molar-refractivity contribution in [2.75, 3.05) is 19.7 Å². The number of carbonyl (C=O) groups excluding carboxylic acids is 1. The van der Waals surface area contributed by atoms with Crippen LogP contribution in [0.25, 0.3) is 0 Å². The maximum atomic E-state index is 12.5. The van der Waals surface area contributed by atoms with Crippen LogP contribution >= 0.6 is 0 Å². The summed E-state index contributed by atoms with van der Waals surface area (Å²) in [4.78, 5) is 12.5. The zero-order chi connectivity index (χ0) is 13.2. The molecule has 0 aromatic rings. The molecule has 104 valence electrons. The number of hydrogen-bond acceptors (Lipinski definition) is 3. The molecule has 0 bridgehead atoms. The zero-order valence-electron chi connectivity index (χ0n) is 11.6. The third kappa shape index (κ3) is 2.54. The summed E-state index contributed by atoms with van der Waals surface area (Å²) in [7, 11) is 0. The Hall–Kier alpha value is -0.610. The molecule has 2 rings (SSSR count). The van der Waals surface area contributed by atoms with Gasteiger partial charge in [-0.1, -0.05) is 13.8 Å². The smallest absolute Gasteiger partial charge is 0.226 e. The molecule has 4 nitrogen and oxygen atoms in total. The lowest BCUT2D eigenvalue weighted by Gasteiger charge is -2.44. The summed E-state index contributed by atoms with van der Waals surface area (Å²) in [5.74, 6) is 0.493. The Balaban J connectivity index is 1.97. The van der Waals surface area contributed by atoms with Gasteiger partial charge in [0.1, 0.15) is 0 Å². The highest BCUT2D eigenvalue weighted by Crippen LogP contribution is 2.36. The van der Waals surface area contributed by atoms with Gasteiger partial charge in [0.05, 0.1) is 12.1 Å². The minimum atomic E-state index is -0.356. The molecule has 1 amide bonds. The van der Waals surface area contributed by atoms with Gasteiger partial charge in [-0.25, -0.2) is 0 Å². The van der Waals surface area contributed by atoms with E-state index >= 15 is 0 Å². The molecule has 0 aromatic carbocycles. The summed E-state index contributed by atoms with van der Waals surface area (Å²) in [6.45, 7) is 6.12. The van der Waals surface area contributed by atoms with Crippen LogP contribution in [-0.4, -0.2) is 36.2 Å². The van der Waals surface area contributed by atoms with Crippen LogP contribution in [0.1, 0.15) is 46.0 Å². The average molecular weight is 254 g/mol. The molecule has 1 aliphatic carbocycles. The van der Waals surface area contributed by atoms with Gasteiger partial charge >= 0.3 is 0 Å². The first-order valence-corrected chi connectivity index (χ1v) is 7.14. The van der Waals surface area contributed by atoms with E-state index in [0.29, 0.717) is 5.92 Å². The van der Waals surface area contributed by atoms with Gasteiger partial charge in [0.15, 0.2) is 0 Å². The number of hydrogen-bond donors (Lipinski definition) is 3. The second kappa shape index (κ2) is 5.17. The number of piperidine rings is 1. The second-order valence-corrected chi connectivity index (χ2v) is 6.51. The van der Waals surface area contributed by atoms with Crippen LogP contribution in [-0.2, 0) is 4.79 Å². The normalized spacial score (nSPS) is 27.4. The van der Waals surface area contributed by atoms with E-state index in [9.17, 15) is 9.90 Å². The maximum Gasteiger partial charge on any atom is 0.226 e. The van der Waals surface area contributed by atoms with Crippen molar-refractivity contribution < 1.29 is 9.90 Å². The van der Waals surface area contributed by atoms with Gasteiger partial charge in [-0.15, -0.1) is 0 Å². The highest BCUT2D eigenvalue weighted by Gasteiger charge is 2.43. The van der Waals surface area contributed by atoms with Crippen molar-refractivity contribution in [2.24, 2.45) is 11.3 Å². The highest BCUT2D eigenvalue weighted by molar-refractivity contribution is 5.83. The fourth-order valence-corrected chi connectivity index (χ4v) is 2.98. The fraction of sp³-hybridized carbons (Fsp3) is 0.929. The van der Waals surface area contributed by atoms with Gasteiger partial charge in [-0.3, -0.25) is 4.79 Å². The van der Waals surface area contributed by atoms with Crippen LogP contribution in [0.2, 0.25) is 0 Å². The molecule has 2 aliphatic rings. The molecule has 0 radical (unpaired) electrons. The van der Waals surface area contributed by atoms with Gasteiger partial charge in [0.25, 0.3) is 0 Å². The number of carbonyl (C=O) groups is 1. The van der Waals surface area contributed by atoms with E-state index in [4.69, 9.17) is 0 Å². The molecule has 1 heterocycles. The molecule has 3 N–H and O–H groups in total. The summed E-state index contributed by atoms with van der Waals surface area (Å²) < 4.78 is 0. The fourth-order valence-electron chi connectivity index (χ4n) is 2.98. The van der Waals surface area contributed by atoms with Crippen LogP contribution in [0.3, 0.4) is 0 Å². The van der Waals surface area contributed by atoms with E-state index in [1.54, 1.807) is 0 Å². The Bertz CT molecular complexity index is 299. The molecule has 1 saturated heterocycles. The van der Waals surface area contributed by atoms with Gasteiger partial charge in [0.2, 0.25) is 5.91 Å². The highest BCUT2D eigenvalue weighted by atomic mass is 16.3. The number of amides is 1. The predicted octanol–water partition coefficient (Wildman–Crippen LogP) is 1.04. The SMILES string of the molecule is CC(C)(C(=O)NC1(CO)CCC1)C1CCCNC1. The van der Waals surface area contributed by atoms with E-state index in [-0.39, 0.29) is 23.5 Å². The van der Waals surface area contributed by atoms with Crippen molar-refractivity contribution in [2.45, 2.75) is 51.5 Å². The van der Waals surface area contributed by atoms with Crippen molar-refractivity contribution in [3.05, 3.63) is 0 Å². The summed E-state index contributed by atoms with van der Waals surface area (Å²) in [6, 6.07) is 0. The minimum Gasteiger partial charge on any atom is -0.394 e. The Morgan fingerprint density at radius 1 is 1.44 bits per heavy atom. The number of rotatable bonds is 4. The van der Waals surface area contributed by atoms with Crippen LogP contribution < -0.4 is 10.6 Å². The second-order valence-electron chi connectivity index (χ2n) is 6.51. The molecule has 18 heavy (non-hydrogen) atoms. The van der Waals surface area contributed by atoms with Crippen molar-refractivity contribution in [3.63, 3.8) is 0 Å². The van der Waals surface area contributed by atoms with E-state index < -0.39 is 0 Å². The predicted molar refractivity (Wildman–Crippen MR) is 71.2 cm³/mol. The Morgan fingerprint density at radius 2 is 2.17 bits per heavy atom. The van der Waals surface area contributed by atoms with Crippen molar-refractivity contribution in [3.8, 4) is 0 Å². The molecule has 4 heteroatoms. The quantitative estimate of drug-likeness (QED) is 0.702. The standard InChI is InChI=1S/C14H26N2O2/c1-13(2,11-5-3-8-15-9-11)12(18)16-14(10-17)6-4-7-14/h11,15,17H,3-10H2,1-2H3,(H,16,18). The van der Waals surface area contributed by atoms with Crippen LogP contribution in [0.4, 0.5) is 0 Å². The van der Waals surface area contributed by atoms with Gasteiger partial charge in [-0.05, 0) is 51.1 Å². The molecule has 0 spiro atoms. The maximum absolute atomic E-state index is 12.5. The first kappa shape index (κ1) is 13.8. The molecule has 1 unspecified atom stereocenters. The van der Waals surface area contributed by atoms with E-state index in [2.05, 4.69) is 10.6 Å². The van der Waals surface area contributed by atoms with Gasteiger partial charge in [0, 0.05) is 5.41 Å².